The summed E-state index contributed by atoms with van der Waals surface area (Å²) in [6, 6.07) is -3.21. The predicted molar refractivity (Wildman–Crippen MR) is 116 cm³/mol. The van der Waals surface area contributed by atoms with E-state index in [-0.39, 0.29) is 37.1 Å². The van der Waals surface area contributed by atoms with Crippen LogP contribution in [0.25, 0.3) is 0 Å². The van der Waals surface area contributed by atoms with Crippen LogP contribution >= 0.6 is 0 Å². The molecule has 1 rings (SSSR count). The van der Waals surface area contributed by atoms with E-state index < -0.39 is 41.8 Å². The third kappa shape index (κ3) is 9.31. The third-order valence-corrected chi connectivity index (χ3v) is 5.44. The van der Waals surface area contributed by atoms with E-state index in [1.54, 1.807) is 0 Å². The van der Waals surface area contributed by atoms with Crippen molar-refractivity contribution in [3.63, 3.8) is 0 Å². The summed E-state index contributed by atoms with van der Waals surface area (Å²) in [5.74, 6) is -3.13. The minimum absolute atomic E-state index is 0.0420. The summed E-state index contributed by atoms with van der Waals surface area (Å²) in [6.45, 7) is 3.75. The first-order valence-corrected chi connectivity index (χ1v) is 10.5. The third-order valence-electron chi connectivity index (χ3n) is 5.44. The maximum atomic E-state index is 12.8. The van der Waals surface area contributed by atoms with E-state index in [2.05, 4.69) is 10.6 Å². The number of carboxylic acid groups (broad SMARTS) is 1. The van der Waals surface area contributed by atoms with E-state index in [4.69, 9.17) is 17.2 Å². The van der Waals surface area contributed by atoms with Crippen LogP contribution in [0.4, 0.5) is 0 Å². The Kier molecular flexibility index (Phi) is 10.9. The molecule has 0 heterocycles. The molecule has 3 amide bonds. The number of hydrogen-bond acceptors (Lipinski definition) is 6. The van der Waals surface area contributed by atoms with Crippen molar-refractivity contribution >= 4 is 23.7 Å². The number of hydrogen-bond donors (Lipinski definition) is 6. The number of nitrogens with one attached hydrogen (secondary N) is 2. The Bertz CT molecular complexity index is 694. The number of rotatable bonds is 13. The Morgan fingerprint density at radius 3 is 2.10 bits per heavy atom. The monoisotopic (exact) mass is 437 g/mol. The summed E-state index contributed by atoms with van der Waals surface area (Å²) in [5.41, 5.74) is 16.8. The van der Waals surface area contributed by atoms with Gasteiger partial charge in [0.05, 0.1) is 6.04 Å². The summed E-state index contributed by atoms with van der Waals surface area (Å²) < 4.78 is 0. The molecule has 4 atom stereocenters. The van der Waals surface area contributed by atoms with E-state index in [0.717, 1.165) is 0 Å². The molecule has 10 heteroatoms. The highest BCUT2D eigenvalue weighted by Gasteiger charge is 2.29. The van der Waals surface area contributed by atoms with Crippen molar-refractivity contribution in [2.45, 2.75) is 70.1 Å². The summed E-state index contributed by atoms with van der Waals surface area (Å²) in [6.07, 6.45) is 8.72. The Morgan fingerprint density at radius 2 is 1.58 bits per heavy atom. The van der Waals surface area contributed by atoms with Crippen molar-refractivity contribution in [2.24, 2.45) is 29.0 Å². The number of primary amides is 1. The maximum absolute atomic E-state index is 12.8. The Hall–Kier alpha value is -2.72. The fraction of sp³-hybridized carbons (Fsp3) is 0.619. The minimum atomic E-state index is -1.30. The molecule has 0 bridgehead atoms. The van der Waals surface area contributed by atoms with E-state index >= 15 is 0 Å². The summed E-state index contributed by atoms with van der Waals surface area (Å²) in [5, 5.41) is 14.4. The van der Waals surface area contributed by atoms with Crippen LogP contribution < -0.4 is 27.8 Å². The van der Waals surface area contributed by atoms with Gasteiger partial charge in [-0.3, -0.25) is 14.4 Å². The molecule has 0 saturated carbocycles. The number of aliphatic carboxylic acids is 1. The van der Waals surface area contributed by atoms with Crippen molar-refractivity contribution in [2.75, 3.05) is 0 Å². The highest BCUT2D eigenvalue weighted by Crippen LogP contribution is 2.17. The first-order valence-electron chi connectivity index (χ1n) is 10.5. The van der Waals surface area contributed by atoms with Crippen LogP contribution in [0.1, 0.15) is 46.0 Å². The number of nitrogens with two attached hydrogens (primary N) is 3. The van der Waals surface area contributed by atoms with E-state index in [0.29, 0.717) is 12.8 Å². The van der Waals surface area contributed by atoms with Gasteiger partial charge in [-0.1, -0.05) is 44.6 Å². The van der Waals surface area contributed by atoms with Crippen LogP contribution in [0.2, 0.25) is 0 Å². The molecular weight excluding hydrogens is 402 g/mol. The number of carbonyl (C=O) groups is 4. The second-order valence-corrected chi connectivity index (χ2v) is 7.97. The lowest BCUT2D eigenvalue weighted by atomic mass is 9.93. The smallest absolute Gasteiger partial charge is 0.326 e. The molecule has 0 aromatic heterocycles. The Labute approximate surface area is 182 Å². The summed E-state index contributed by atoms with van der Waals surface area (Å²) >= 11 is 0. The SMILES string of the molecule is CCC(C)C(N)C(=O)NC(CCC1C=CC(N)C=C1)C(=O)NC(CCC(N)=O)C(=O)O. The van der Waals surface area contributed by atoms with Gasteiger partial charge in [0, 0.05) is 12.5 Å². The lowest BCUT2D eigenvalue weighted by Crippen LogP contribution is -2.55. The van der Waals surface area contributed by atoms with Crippen molar-refractivity contribution in [1.82, 2.24) is 10.6 Å². The first kappa shape index (κ1) is 26.3. The normalized spacial score (nSPS) is 21.5. The van der Waals surface area contributed by atoms with Gasteiger partial charge in [0.25, 0.3) is 0 Å². The molecule has 1 aliphatic carbocycles. The van der Waals surface area contributed by atoms with Gasteiger partial charge in [-0.05, 0) is 31.1 Å². The number of carboxylic acids is 1. The van der Waals surface area contributed by atoms with Crippen molar-refractivity contribution in [1.29, 1.82) is 0 Å². The molecule has 0 spiro atoms. The van der Waals surface area contributed by atoms with E-state index in [9.17, 15) is 24.3 Å². The quantitative estimate of drug-likeness (QED) is 0.210. The molecule has 0 saturated heterocycles. The zero-order valence-electron chi connectivity index (χ0n) is 18.1. The fourth-order valence-electron chi connectivity index (χ4n) is 3.09. The highest BCUT2D eigenvalue weighted by molar-refractivity contribution is 5.92. The molecule has 0 aliphatic heterocycles. The van der Waals surface area contributed by atoms with E-state index in [1.807, 2.05) is 38.2 Å². The second-order valence-electron chi connectivity index (χ2n) is 7.97. The zero-order valence-corrected chi connectivity index (χ0v) is 18.1. The highest BCUT2D eigenvalue weighted by atomic mass is 16.4. The van der Waals surface area contributed by atoms with Crippen LogP contribution in [-0.2, 0) is 19.2 Å². The molecule has 0 aromatic rings. The molecule has 10 nitrogen and oxygen atoms in total. The molecule has 9 N–H and O–H groups in total. The largest absolute Gasteiger partial charge is 0.480 e. The van der Waals surface area contributed by atoms with Gasteiger partial charge in [-0.2, -0.15) is 0 Å². The number of amides is 3. The van der Waals surface area contributed by atoms with Gasteiger partial charge in [0.2, 0.25) is 17.7 Å². The molecule has 174 valence electrons. The lowest BCUT2D eigenvalue weighted by Gasteiger charge is -2.25. The maximum Gasteiger partial charge on any atom is 0.326 e. The molecule has 4 unspecified atom stereocenters. The second kappa shape index (κ2) is 12.9. The molecule has 0 fully saturated rings. The molecule has 0 aromatic carbocycles. The lowest BCUT2D eigenvalue weighted by molar-refractivity contribution is -0.142. The van der Waals surface area contributed by atoms with Crippen LogP contribution in [0.15, 0.2) is 24.3 Å². The number of carbonyl (C=O) groups excluding carboxylic acids is 3. The molecular formula is C21H35N5O5. The fourth-order valence-corrected chi connectivity index (χ4v) is 3.09. The summed E-state index contributed by atoms with van der Waals surface area (Å²) in [4.78, 5) is 47.8. The molecule has 0 radical (unpaired) electrons. The van der Waals surface area contributed by atoms with Gasteiger partial charge in [-0.15, -0.1) is 0 Å². The average molecular weight is 438 g/mol. The van der Waals surface area contributed by atoms with Crippen LogP contribution in [0.5, 0.6) is 0 Å². The van der Waals surface area contributed by atoms with Gasteiger partial charge in [-0.25, -0.2) is 4.79 Å². The van der Waals surface area contributed by atoms with Crippen LogP contribution in [0, 0.1) is 11.8 Å². The molecule has 1 aliphatic rings. The topological polar surface area (TPSA) is 191 Å². The van der Waals surface area contributed by atoms with Crippen molar-refractivity contribution in [3.8, 4) is 0 Å². The van der Waals surface area contributed by atoms with Crippen LogP contribution in [0.3, 0.4) is 0 Å². The van der Waals surface area contributed by atoms with Crippen LogP contribution in [-0.4, -0.2) is 53.0 Å². The predicted octanol–water partition coefficient (Wildman–Crippen LogP) is -0.471. The Balaban J connectivity index is 2.87. The molecule has 31 heavy (non-hydrogen) atoms. The average Bonchev–Trinajstić information content (AvgIpc) is 2.73. The standard InChI is InChI=1S/C21H35N5O5/c1-3-12(2)18(24)20(29)25-15(9-6-13-4-7-14(22)8-5-13)19(28)26-16(21(30)31)10-11-17(23)27/h4-5,7-8,12-16,18H,3,6,9-11,22,24H2,1-2H3,(H2,23,27)(H,25,29)(H,26,28)(H,30,31). The van der Waals surface area contributed by atoms with Crippen molar-refractivity contribution in [3.05, 3.63) is 24.3 Å². The Morgan fingerprint density at radius 1 is 1.00 bits per heavy atom. The zero-order chi connectivity index (χ0) is 23.6. The summed E-state index contributed by atoms with van der Waals surface area (Å²) in [7, 11) is 0. The first-order chi connectivity index (χ1) is 14.5. The minimum Gasteiger partial charge on any atom is -0.480 e. The number of allylic oxidation sites excluding steroid dienone is 2. The van der Waals surface area contributed by atoms with Gasteiger partial charge < -0.3 is 32.9 Å². The van der Waals surface area contributed by atoms with Crippen molar-refractivity contribution < 1.29 is 24.3 Å². The van der Waals surface area contributed by atoms with Gasteiger partial charge >= 0.3 is 5.97 Å². The van der Waals surface area contributed by atoms with Gasteiger partial charge in [0.15, 0.2) is 0 Å². The van der Waals surface area contributed by atoms with E-state index in [1.165, 1.54) is 0 Å². The van der Waals surface area contributed by atoms with Gasteiger partial charge in [0.1, 0.15) is 12.1 Å².